The number of rotatable bonds is 2. The number of imidazole rings is 1. The molecule has 0 saturated carbocycles. The highest BCUT2D eigenvalue weighted by Gasteiger charge is 2.16. The second kappa shape index (κ2) is 4.10. The highest BCUT2D eigenvalue weighted by molar-refractivity contribution is 8.14. The van der Waals surface area contributed by atoms with Crippen LogP contribution in [0.2, 0.25) is 0 Å². The maximum absolute atomic E-state index is 11.5. The molecular formula is C8H9N3OS. The maximum Gasteiger partial charge on any atom is 0.238 e. The summed E-state index contributed by atoms with van der Waals surface area (Å²) in [6.45, 7) is 1.89. The van der Waals surface area contributed by atoms with E-state index in [9.17, 15) is 4.79 Å². The molecule has 0 atom stereocenters. The third-order valence-corrected chi connectivity index (χ3v) is 2.26. The van der Waals surface area contributed by atoms with Gasteiger partial charge in [0.25, 0.3) is 0 Å². The van der Waals surface area contributed by atoms with Crippen LogP contribution < -0.4 is 0 Å². The number of thioether (sulfide) groups is 1. The lowest BCUT2D eigenvalue weighted by molar-refractivity contribution is 0.108. The van der Waals surface area contributed by atoms with Crippen LogP contribution in [-0.2, 0) is 7.05 Å². The molecule has 0 amide bonds. The Morgan fingerprint density at radius 1 is 1.85 bits per heavy atom. The molecule has 0 aromatic carbocycles. The van der Waals surface area contributed by atoms with Crippen LogP contribution in [0.4, 0.5) is 0 Å². The lowest BCUT2D eigenvalue weighted by Crippen LogP contribution is -2.03. The van der Waals surface area contributed by atoms with Gasteiger partial charge in [0.05, 0.1) is 6.33 Å². The molecule has 1 rings (SSSR count). The fourth-order valence-corrected chi connectivity index (χ4v) is 1.59. The maximum atomic E-state index is 11.5. The van der Waals surface area contributed by atoms with Gasteiger partial charge >= 0.3 is 0 Å². The van der Waals surface area contributed by atoms with Gasteiger partial charge in [0.2, 0.25) is 5.12 Å². The van der Waals surface area contributed by atoms with Crippen LogP contribution in [0.5, 0.6) is 0 Å². The molecule has 0 spiro atoms. The molecule has 0 N–H and O–H groups in total. The second-order valence-corrected chi connectivity index (χ2v) is 3.62. The van der Waals surface area contributed by atoms with Crippen molar-refractivity contribution in [2.75, 3.05) is 5.75 Å². The van der Waals surface area contributed by atoms with Crippen molar-refractivity contribution in [2.45, 2.75) is 6.92 Å². The van der Waals surface area contributed by atoms with Gasteiger partial charge in [-0.05, 0) is 5.75 Å². The number of nitriles is 1. The van der Waals surface area contributed by atoms with E-state index in [1.54, 1.807) is 11.6 Å². The van der Waals surface area contributed by atoms with E-state index in [0.29, 0.717) is 11.4 Å². The zero-order chi connectivity index (χ0) is 9.84. The van der Waals surface area contributed by atoms with Gasteiger partial charge in [0.1, 0.15) is 11.8 Å². The average molecular weight is 195 g/mol. The number of carbonyl (C=O) groups excluding carboxylic acids is 1. The smallest absolute Gasteiger partial charge is 0.238 e. The lowest BCUT2D eigenvalue weighted by atomic mass is 10.3. The fraction of sp³-hybridized carbons (Fsp3) is 0.375. The molecule has 1 aromatic rings. The van der Waals surface area contributed by atoms with Crippen LogP contribution in [0.1, 0.15) is 23.1 Å². The van der Waals surface area contributed by atoms with Gasteiger partial charge in [0.15, 0.2) is 5.69 Å². The first-order chi connectivity index (χ1) is 6.20. The Balaban J connectivity index is 3.05. The molecule has 0 bridgehead atoms. The summed E-state index contributed by atoms with van der Waals surface area (Å²) in [6, 6.07) is 1.89. The Kier molecular flexibility index (Phi) is 3.09. The summed E-state index contributed by atoms with van der Waals surface area (Å²) in [4.78, 5) is 15.3. The molecule has 68 valence electrons. The van der Waals surface area contributed by atoms with Crippen molar-refractivity contribution < 1.29 is 4.79 Å². The minimum atomic E-state index is -0.0981. The summed E-state index contributed by atoms with van der Waals surface area (Å²) in [5.41, 5.74) is 0.586. The Morgan fingerprint density at radius 3 is 3.08 bits per heavy atom. The first-order valence-electron chi connectivity index (χ1n) is 3.79. The van der Waals surface area contributed by atoms with Crippen LogP contribution in [0.15, 0.2) is 6.33 Å². The summed E-state index contributed by atoms with van der Waals surface area (Å²) in [5.74, 6) is 0.703. The van der Waals surface area contributed by atoms with E-state index in [4.69, 9.17) is 5.26 Å². The van der Waals surface area contributed by atoms with Crippen LogP contribution in [0.25, 0.3) is 0 Å². The number of aryl methyl sites for hydroxylation is 1. The van der Waals surface area contributed by atoms with Crippen molar-refractivity contribution in [3.8, 4) is 6.07 Å². The van der Waals surface area contributed by atoms with Crippen molar-refractivity contribution >= 4 is 16.9 Å². The Hall–Kier alpha value is -1.28. The minimum Gasteiger partial charge on any atom is -0.329 e. The SMILES string of the molecule is CCSC(=O)c1c(C#N)ncn1C. The molecule has 0 aliphatic rings. The monoisotopic (exact) mass is 195 g/mol. The summed E-state index contributed by atoms with van der Waals surface area (Å²) >= 11 is 1.18. The van der Waals surface area contributed by atoms with Gasteiger partial charge in [-0.2, -0.15) is 5.26 Å². The topological polar surface area (TPSA) is 58.7 Å². The van der Waals surface area contributed by atoms with E-state index in [-0.39, 0.29) is 10.8 Å². The quantitative estimate of drug-likeness (QED) is 0.711. The Morgan fingerprint density at radius 2 is 2.54 bits per heavy atom. The number of hydrogen-bond donors (Lipinski definition) is 0. The van der Waals surface area contributed by atoms with Gasteiger partial charge in [-0.3, -0.25) is 4.79 Å². The molecule has 4 nitrogen and oxygen atoms in total. The van der Waals surface area contributed by atoms with E-state index in [0.717, 1.165) is 0 Å². The van der Waals surface area contributed by atoms with Gasteiger partial charge in [-0.15, -0.1) is 0 Å². The largest absolute Gasteiger partial charge is 0.329 e. The first-order valence-corrected chi connectivity index (χ1v) is 4.77. The molecule has 13 heavy (non-hydrogen) atoms. The Bertz CT molecular complexity index is 364. The Labute approximate surface area is 80.6 Å². The molecule has 0 aliphatic heterocycles. The van der Waals surface area contributed by atoms with Gasteiger partial charge in [-0.25, -0.2) is 4.98 Å². The third kappa shape index (κ3) is 1.90. The minimum absolute atomic E-state index is 0.0981. The zero-order valence-corrected chi connectivity index (χ0v) is 8.26. The second-order valence-electron chi connectivity index (χ2n) is 2.38. The predicted molar refractivity (Wildman–Crippen MR) is 50.4 cm³/mol. The number of nitrogens with zero attached hydrogens (tertiary/aromatic N) is 3. The van der Waals surface area contributed by atoms with Crippen LogP contribution in [0, 0.1) is 11.3 Å². The van der Waals surface area contributed by atoms with Crippen LogP contribution >= 0.6 is 11.8 Å². The molecule has 0 aliphatic carbocycles. The van der Waals surface area contributed by atoms with Crippen molar-refractivity contribution in [1.29, 1.82) is 5.26 Å². The van der Waals surface area contributed by atoms with Crippen LogP contribution in [-0.4, -0.2) is 20.4 Å². The fourth-order valence-electron chi connectivity index (χ4n) is 0.952. The highest BCUT2D eigenvalue weighted by atomic mass is 32.2. The standard InChI is InChI=1S/C8H9N3OS/c1-3-13-8(12)7-6(4-9)10-5-11(7)2/h5H,3H2,1-2H3. The molecule has 1 aromatic heterocycles. The first kappa shape index (κ1) is 9.81. The molecule has 5 heteroatoms. The van der Waals surface area contributed by atoms with Gasteiger partial charge in [-0.1, -0.05) is 18.7 Å². The van der Waals surface area contributed by atoms with E-state index >= 15 is 0 Å². The number of carbonyl (C=O) groups is 1. The van der Waals surface area contributed by atoms with Gasteiger partial charge in [0, 0.05) is 7.05 Å². The van der Waals surface area contributed by atoms with E-state index in [2.05, 4.69) is 4.98 Å². The summed E-state index contributed by atoms with van der Waals surface area (Å²) in [6.07, 6.45) is 1.47. The summed E-state index contributed by atoms with van der Waals surface area (Å²) in [5, 5.41) is 8.56. The summed E-state index contributed by atoms with van der Waals surface area (Å²) in [7, 11) is 1.71. The number of aromatic nitrogens is 2. The van der Waals surface area contributed by atoms with Gasteiger partial charge < -0.3 is 4.57 Å². The van der Waals surface area contributed by atoms with Crippen molar-refractivity contribution in [3.63, 3.8) is 0 Å². The van der Waals surface area contributed by atoms with Crippen molar-refractivity contribution in [3.05, 3.63) is 17.7 Å². The van der Waals surface area contributed by atoms with E-state index in [1.807, 2.05) is 13.0 Å². The van der Waals surface area contributed by atoms with Crippen molar-refractivity contribution in [2.24, 2.45) is 7.05 Å². The molecule has 0 saturated heterocycles. The lowest BCUT2D eigenvalue weighted by Gasteiger charge is -1.98. The normalized spacial score (nSPS) is 9.62. The van der Waals surface area contributed by atoms with Crippen LogP contribution in [0.3, 0.4) is 0 Å². The third-order valence-electron chi connectivity index (χ3n) is 1.51. The van der Waals surface area contributed by atoms with E-state index in [1.165, 1.54) is 18.1 Å². The molecular weight excluding hydrogens is 186 g/mol. The average Bonchev–Trinajstić information content (AvgIpc) is 2.47. The highest BCUT2D eigenvalue weighted by Crippen LogP contribution is 2.14. The number of hydrogen-bond acceptors (Lipinski definition) is 4. The zero-order valence-electron chi connectivity index (χ0n) is 7.44. The van der Waals surface area contributed by atoms with Crippen molar-refractivity contribution in [1.82, 2.24) is 9.55 Å². The summed E-state index contributed by atoms with van der Waals surface area (Å²) < 4.78 is 1.57. The predicted octanol–water partition coefficient (Wildman–Crippen LogP) is 1.19. The molecule has 0 fully saturated rings. The molecule has 0 radical (unpaired) electrons. The molecule has 0 unspecified atom stereocenters. The van der Waals surface area contributed by atoms with E-state index < -0.39 is 0 Å². The molecule has 1 heterocycles.